The van der Waals surface area contributed by atoms with E-state index in [0.717, 1.165) is 0 Å². The molecule has 0 aliphatic rings. The predicted molar refractivity (Wildman–Crippen MR) is 91.3 cm³/mol. The second-order valence-electron chi connectivity index (χ2n) is 4.48. The van der Waals surface area contributed by atoms with E-state index in [4.69, 9.17) is 9.47 Å². The number of esters is 1. The third kappa shape index (κ3) is 4.33. The van der Waals surface area contributed by atoms with Gasteiger partial charge in [0.15, 0.2) is 12.0 Å². The first-order chi connectivity index (χ1) is 10.9. The molecular weight excluding hydrogens is 432 g/mol. The Hall–Kier alpha value is -1.86. The first-order valence-corrected chi connectivity index (χ1v) is 8.19. The van der Waals surface area contributed by atoms with Gasteiger partial charge >= 0.3 is 5.97 Å². The molecule has 0 bridgehead atoms. The van der Waals surface area contributed by atoms with Crippen LogP contribution in [-0.4, -0.2) is 17.4 Å². The number of phenols is 1. The number of aldehydes is 1. The minimum Gasteiger partial charge on any atom is -0.507 e. The molecule has 0 heterocycles. The summed E-state index contributed by atoms with van der Waals surface area (Å²) in [4.78, 5) is 22.2. The average Bonchev–Trinajstić information content (AvgIpc) is 2.52. The van der Waals surface area contributed by atoms with Gasteiger partial charge in [-0.25, -0.2) is 0 Å². The minimum absolute atomic E-state index is 0.118. The second-order valence-corrected chi connectivity index (χ2v) is 6.19. The van der Waals surface area contributed by atoms with Crippen molar-refractivity contribution < 1.29 is 24.2 Å². The van der Waals surface area contributed by atoms with Crippen LogP contribution in [0.3, 0.4) is 0 Å². The Morgan fingerprint density at radius 2 is 1.83 bits per heavy atom. The van der Waals surface area contributed by atoms with Crippen molar-refractivity contribution in [1.29, 1.82) is 0 Å². The third-order valence-electron chi connectivity index (χ3n) is 2.84. The molecule has 0 amide bonds. The quantitative estimate of drug-likeness (QED) is 0.406. The van der Waals surface area contributed by atoms with E-state index in [1.807, 2.05) is 0 Å². The molecule has 2 aromatic rings. The first kappa shape index (κ1) is 17.5. The number of phenolic OH excluding ortho intramolecular Hbond substituents is 1. The average molecular weight is 444 g/mol. The van der Waals surface area contributed by atoms with Crippen molar-refractivity contribution in [3.8, 4) is 23.0 Å². The van der Waals surface area contributed by atoms with Crippen LogP contribution in [0.15, 0.2) is 39.3 Å². The van der Waals surface area contributed by atoms with E-state index in [1.54, 1.807) is 19.1 Å². The highest BCUT2D eigenvalue weighted by atomic mass is 79.9. The van der Waals surface area contributed by atoms with Crippen LogP contribution < -0.4 is 9.47 Å². The molecule has 1 N–H and O–H groups in total. The monoisotopic (exact) mass is 442 g/mol. The van der Waals surface area contributed by atoms with Gasteiger partial charge in [-0.05, 0) is 62.2 Å². The van der Waals surface area contributed by atoms with E-state index in [0.29, 0.717) is 32.5 Å². The third-order valence-corrected chi connectivity index (χ3v) is 4.02. The molecule has 0 aliphatic heterocycles. The van der Waals surface area contributed by atoms with Gasteiger partial charge in [0.2, 0.25) is 0 Å². The number of benzene rings is 2. The van der Waals surface area contributed by atoms with E-state index in [2.05, 4.69) is 31.9 Å². The Balaban J connectivity index is 2.30. The van der Waals surface area contributed by atoms with E-state index in [1.165, 1.54) is 18.2 Å². The molecule has 120 valence electrons. The van der Waals surface area contributed by atoms with Gasteiger partial charge in [-0.1, -0.05) is 6.92 Å². The standard InChI is InChI=1S/C16H12Br2O5/c1-2-15(21)22-11-6-12(17)16(13(18)7-11)23-10-3-4-14(20)9(5-10)8-19/h3-8,20H,2H2,1H3. The van der Waals surface area contributed by atoms with Gasteiger partial charge in [0.1, 0.15) is 17.2 Å². The Morgan fingerprint density at radius 1 is 1.17 bits per heavy atom. The van der Waals surface area contributed by atoms with Crippen LogP contribution in [0.4, 0.5) is 0 Å². The number of hydrogen-bond acceptors (Lipinski definition) is 5. The van der Waals surface area contributed by atoms with Crippen LogP contribution in [-0.2, 0) is 4.79 Å². The Kier molecular flexibility index (Phi) is 5.79. The van der Waals surface area contributed by atoms with Crippen molar-refractivity contribution in [2.24, 2.45) is 0 Å². The SMILES string of the molecule is CCC(=O)Oc1cc(Br)c(Oc2ccc(O)c(C=O)c2)c(Br)c1. The molecule has 0 saturated carbocycles. The van der Waals surface area contributed by atoms with Gasteiger partial charge in [-0.3, -0.25) is 9.59 Å². The van der Waals surface area contributed by atoms with Crippen molar-refractivity contribution in [2.75, 3.05) is 0 Å². The fourth-order valence-electron chi connectivity index (χ4n) is 1.71. The zero-order valence-corrected chi connectivity index (χ0v) is 15.2. The number of carbonyl (C=O) groups is 2. The summed E-state index contributed by atoms with van der Waals surface area (Å²) < 4.78 is 12.0. The van der Waals surface area contributed by atoms with E-state index in [9.17, 15) is 14.7 Å². The molecule has 2 aromatic carbocycles. The van der Waals surface area contributed by atoms with Crippen molar-refractivity contribution >= 4 is 44.1 Å². The molecule has 0 fully saturated rings. The molecule has 2 rings (SSSR count). The summed E-state index contributed by atoms with van der Waals surface area (Å²) in [5.74, 6) is 0.745. The van der Waals surface area contributed by atoms with Crippen LogP contribution in [0.25, 0.3) is 0 Å². The lowest BCUT2D eigenvalue weighted by molar-refractivity contribution is -0.134. The number of hydrogen-bond donors (Lipinski definition) is 1. The summed E-state index contributed by atoms with van der Waals surface area (Å²) in [6.07, 6.45) is 0.815. The number of aromatic hydroxyl groups is 1. The Morgan fingerprint density at radius 3 is 2.39 bits per heavy atom. The van der Waals surface area contributed by atoms with Crippen molar-refractivity contribution in [3.05, 3.63) is 44.8 Å². The lowest BCUT2D eigenvalue weighted by Gasteiger charge is -2.12. The summed E-state index contributed by atoms with van der Waals surface area (Å²) in [7, 11) is 0. The second kappa shape index (κ2) is 7.61. The smallest absolute Gasteiger partial charge is 0.310 e. The molecule has 0 unspecified atom stereocenters. The van der Waals surface area contributed by atoms with E-state index >= 15 is 0 Å². The zero-order chi connectivity index (χ0) is 17.0. The maximum atomic E-state index is 11.3. The van der Waals surface area contributed by atoms with Gasteiger partial charge in [-0.15, -0.1) is 0 Å². The fraction of sp³-hybridized carbons (Fsp3) is 0.125. The summed E-state index contributed by atoms with van der Waals surface area (Å²) in [5, 5.41) is 9.50. The van der Waals surface area contributed by atoms with Crippen LogP contribution in [0, 0.1) is 0 Å². The van der Waals surface area contributed by atoms with E-state index in [-0.39, 0.29) is 23.7 Å². The van der Waals surface area contributed by atoms with Crippen LogP contribution in [0.5, 0.6) is 23.0 Å². The lowest BCUT2D eigenvalue weighted by atomic mass is 10.2. The summed E-state index contributed by atoms with van der Waals surface area (Å²) in [6, 6.07) is 7.54. The number of rotatable bonds is 5. The lowest BCUT2D eigenvalue weighted by Crippen LogP contribution is -2.05. The Labute approximate surface area is 149 Å². The molecule has 0 aromatic heterocycles. The topological polar surface area (TPSA) is 72.8 Å². The summed E-state index contributed by atoms with van der Waals surface area (Å²) in [6.45, 7) is 1.71. The highest BCUT2D eigenvalue weighted by Gasteiger charge is 2.13. The first-order valence-electron chi connectivity index (χ1n) is 6.60. The van der Waals surface area contributed by atoms with Gasteiger partial charge in [-0.2, -0.15) is 0 Å². The minimum atomic E-state index is -0.341. The largest absolute Gasteiger partial charge is 0.507 e. The normalized spacial score (nSPS) is 10.2. The molecular formula is C16H12Br2O5. The molecule has 0 atom stereocenters. The fourth-order valence-corrected chi connectivity index (χ4v) is 3.01. The number of ether oxygens (including phenoxy) is 2. The van der Waals surface area contributed by atoms with E-state index < -0.39 is 0 Å². The van der Waals surface area contributed by atoms with Gasteiger partial charge in [0.05, 0.1) is 14.5 Å². The van der Waals surface area contributed by atoms with Gasteiger partial charge < -0.3 is 14.6 Å². The van der Waals surface area contributed by atoms with Crippen LogP contribution in [0.1, 0.15) is 23.7 Å². The predicted octanol–water partition coefficient (Wildman–Crippen LogP) is 4.84. The zero-order valence-electron chi connectivity index (χ0n) is 12.0. The number of halogens is 2. The molecule has 5 nitrogen and oxygen atoms in total. The summed E-state index contributed by atoms with van der Waals surface area (Å²) >= 11 is 6.70. The van der Waals surface area contributed by atoms with Crippen molar-refractivity contribution in [2.45, 2.75) is 13.3 Å². The van der Waals surface area contributed by atoms with Crippen LogP contribution in [0.2, 0.25) is 0 Å². The maximum Gasteiger partial charge on any atom is 0.310 e. The molecule has 7 heteroatoms. The highest BCUT2D eigenvalue weighted by molar-refractivity contribution is 9.11. The van der Waals surface area contributed by atoms with Crippen LogP contribution >= 0.6 is 31.9 Å². The Bertz CT molecular complexity index is 735. The highest BCUT2D eigenvalue weighted by Crippen LogP contribution is 2.40. The summed E-state index contributed by atoms with van der Waals surface area (Å²) in [5.41, 5.74) is 0.128. The van der Waals surface area contributed by atoms with Crippen molar-refractivity contribution in [1.82, 2.24) is 0 Å². The molecule has 0 radical (unpaired) electrons. The molecule has 0 spiro atoms. The molecule has 0 saturated heterocycles. The van der Waals surface area contributed by atoms with Gasteiger partial charge in [0, 0.05) is 6.42 Å². The molecule has 0 aliphatic carbocycles. The van der Waals surface area contributed by atoms with Crippen molar-refractivity contribution in [3.63, 3.8) is 0 Å². The maximum absolute atomic E-state index is 11.3. The molecule has 23 heavy (non-hydrogen) atoms. The number of carbonyl (C=O) groups excluding carboxylic acids is 2. The van der Waals surface area contributed by atoms with Gasteiger partial charge in [0.25, 0.3) is 0 Å².